The van der Waals surface area contributed by atoms with Crippen LogP contribution >= 0.6 is 0 Å². The molecule has 1 heterocycles. The Labute approximate surface area is 207 Å². The van der Waals surface area contributed by atoms with Gasteiger partial charge in [-0.15, -0.1) is 0 Å². The summed E-state index contributed by atoms with van der Waals surface area (Å²) >= 11 is 0. The Morgan fingerprint density at radius 2 is 1.74 bits per heavy atom. The number of aliphatic hydroxyl groups is 1. The van der Waals surface area contributed by atoms with Gasteiger partial charge < -0.3 is 14.8 Å². The van der Waals surface area contributed by atoms with Crippen molar-refractivity contribution < 1.29 is 17.9 Å². The van der Waals surface area contributed by atoms with E-state index < -0.39 is 15.6 Å². The van der Waals surface area contributed by atoms with Gasteiger partial charge in [-0.3, -0.25) is 0 Å². The number of nitrogens with one attached hydrogen (secondary N) is 2. The fraction of sp³-hybridized carbons (Fsp3) is 0.370. The summed E-state index contributed by atoms with van der Waals surface area (Å²) in [5, 5.41) is 14.2. The summed E-state index contributed by atoms with van der Waals surface area (Å²) < 4.78 is 33.7. The molecule has 1 saturated carbocycles. The van der Waals surface area contributed by atoms with Crippen LogP contribution < -0.4 is 10.0 Å². The van der Waals surface area contributed by atoms with Crippen molar-refractivity contribution >= 4 is 10.0 Å². The molecule has 0 spiro atoms. The molecule has 35 heavy (non-hydrogen) atoms. The van der Waals surface area contributed by atoms with Crippen molar-refractivity contribution in [3.8, 4) is 11.3 Å². The lowest BCUT2D eigenvalue weighted by molar-refractivity contribution is 0.0392. The molecule has 8 heteroatoms. The van der Waals surface area contributed by atoms with Crippen LogP contribution in [-0.4, -0.2) is 30.2 Å². The topological polar surface area (TPSA) is 104 Å². The first-order valence-electron chi connectivity index (χ1n) is 11.9. The molecule has 1 fully saturated rings. The van der Waals surface area contributed by atoms with Gasteiger partial charge in [-0.05, 0) is 63.1 Å². The second-order valence-electron chi connectivity index (χ2n) is 9.73. The van der Waals surface area contributed by atoms with Crippen LogP contribution in [0.5, 0.6) is 0 Å². The average Bonchev–Trinajstić information content (AvgIpc) is 3.38. The molecule has 0 aliphatic heterocycles. The quantitative estimate of drug-likeness (QED) is 0.394. The minimum absolute atomic E-state index is 0.126. The molecule has 0 amide bonds. The van der Waals surface area contributed by atoms with E-state index >= 15 is 0 Å². The van der Waals surface area contributed by atoms with E-state index in [4.69, 9.17) is 4.42 Å². The van der Waals surface area contributed by atoms with Crippen LogP contribution in [0.3, 0.4) is 0 Å². The Morgan fingerprint density at radius 3 is 2.31 bits per heavy atom. The van der Waals surface area contributed by atoms with Crippen molar-refractivity contribution in [1.82, 2.24) is 15.0 Å². The molecule has 3 aromatic rings. The van der Waals surface area contributed by atoms with Gasteiger partial charge in [0.1, 0.15) is 12.0 Å². The van der Waals surface area contributed by atoms with Crippen molar-refractivity contribution in [3.63, 3.8) is 0 Å². The lowest BCUT2D eigenvalue weighted by atomic mass is 9.83. The lowest BCUT2D eigenvalue weighted by Gasteiger charge is -2.36. The first kappa shape index (κ1) is 25.2. The molecule has 1 atom stereocenters. The monoisotopic (exact) mass is 495 g/mol. The van der Waals surface area contributed by atoms with Gasteiger partial charge in [-0.1, -0.05) is 49.0 Å². The van der Waals surface area contributed by atoms with Gasteiger partial charge in [0.05, 0.1) is 16.5 Å². The summed E-state index contributed by atoms with van der Waals surface area (Å²) in [7, 11) is -3.62. The molecule has 3 N–H and O–H groups in total. The summed E-state index contributed by atoms with van der Waals surface area (Å²) in [5.41, 5.74) is 2.36. The fourth-order valence-electron chi connectivity index (χ4n) is 4.62. The second kappa shape index (κ2) is 10.4. The highest BCUT2D eigenvalue weighted by molar-refractivity contribution is 7.89. The van der Waals surface area contributed by atoms with Gasteiger partial charge in [0, 0.05) is 17.3 Å². The number of nitrogens with zero attached hydrogens (tertiary/aromatic N) is 1. The van der Waals surface area contributed by atoms with Crippen LogP contribution in [0.25, 0.3) is 11.3 Å². The minimum Gasteiger partial charge on any atom is -0.451 e. The maximum Gasteiger partial charge on any atom is 0.240 e. The molecule has 0 saturated heterocycles. The average molecular weight is 496 g/mol. The van der Waals surface area contributed by atoms with Crippen LogP contribution in [0.2, 0.25) is 0 Å². The van der Waals surface area contributed by atoms with E-state index in [9.17, 15) is 13.5 Å². The number of hydrogen-bond donors (Lipinski definition) is 3. The van der Waals surface area contributed by atoms with Crippen molar-refractivity contribution in [2.24, 2.45) is 5.92 Å². The Hall–Kier alpha value is -2.94. The normalized spacial score (nSPS) is 19.7. The van der Waals surface area contributed by atoms with Gasteiger partial charge in [-0.2, -0.15) is 0 Å². The van der Waals surface area contributed by atoms with Crippen molar-refractivity contribution in [3.05, 3.63) is 85.1 Å². The fourth-order valence-corrected chi connectivity index (χ4v) is 5.93. The van der Waals surface area contributed by atoms with E-state index in [1.807, 2.05) is 30.3 Å². The highest BCUT2D eigenvalue weighted by atomic mass is 32.2. The van der Waals surface area contributed by atoms with E-state index in [2.05, 4.69) is 21.6 Å². The Kier molecular flexibility index (Phi) is 7.44. The van der Waals surface area contributed by atoms with Crippen LogP contribution in [-0.2, 0) is 10.0 Å². The number of rotatable bonds is 9. The summed E-state index contributed by atoms with van der Waals surface area (Å²) in [6.07, 6.45) is 5.94. The predicted octanol–water partition coefficient (Wildman–Crippen LogP) is 4.79. The number of oxazole rings is 1. The van der Waals surface area contributed by atoms with Crippen molar-refractivity contribution in [2.75, 3.05) is 0 Å². The first-order chi connectivity index (χ1) is 16.6. The predicted molar refractivity (Wildman–Crippen MR) is 136 cm³/mol. The standard InChI is InChI=1S/C27H33N3O4S/c1-19(29-26(27(2,3)31)22-7-5-4-6-8-22)20-9-13-23(14-10-20)30-35(32,33)24-15-11-21(12-16-24)25-17-34-18-28-25/h4-8,11-12,15-18,20,23,26,29-31H,1,9-10,13-14H2,2-3H3/t20-,23-,26-/m0/s1. The first-order valence-corrected chi connectivity index (χ1v) is 13.4. The molecule has 0 radical (unpaired) electrons. The van der Waals surface area contributed by atoms with E-state index in [-0.39, 0.29) is 22.9 Å². The summed E-state index contributed by atoms with van der Waals surface area (Å²) in [6, 6.07) is 16.1. The zero-order valence-corrected chi connectivity index (χ0v) is 21.0. The van der Waals surface area contributed by atoms with Crippen molar-refractivity contribution in [2.45, 2.75) is 62.1 Å². The molecule has 2 aromatic carbocycles. The SMILES string of the molecule is C=C(N[C@@H](c1ccccc1)C(C)(C)O)[C@H]1CC[C@H](NS(=O)(=O)c2ccc(-c3cocn3)cc2)CC1. The van der Waals surface area contributed by atoms with Gasteiger partial charge >= 0.3 is 0 Å². The van der Waals surface area contributed by atoms with Gasteiger partial charge in [0.2, 0.25) is 10.0 Å². The van der Waals surface area contributed by atoms with E-state index in [0.29, 0.717) is 5.69 Å². The third kappa shape index (κ3) is 6.20. The van der Waals surface area contributed by atoms with Crippen LogP contribution in [0, 0.1) is 5.92 Å². The molecule has 4 rings (SSSR count). The maximum absolute atomic E-state index is 12.9. The summed E-state index contributed by atoms with van der Waals surface area (Å²) in [6.45, 7) is 7.83. The van der Waals surface area contributed by atoms with Gasteiger partial charge in [0.15, 0.2) is 6.39 Å². The zero-order valence-electron chi connectivity index (χ0n) is 20.1. The number of sulfonamides is 1. The number of allylic oxidation sites excluding steroid dienone is 1. The van der Waals surface area contributed by atoms with Crippen molar-refractivity contribution in [1.29, 1.82) is 0 Å². The molecular weight excluding hydrogens is 462 g/mol. The second-order valence-corrected chi connectivity index (χ2v) is 11.4. The van der Waals surface area contributed by atoms with E-state index in [0.717, 1.165) is 42.5 Å². The number of hydrogen-bond acceptors (Lipinski definition) is 6. The Morgan fingerprint density at radius 1 is 1.09 bits per heavy atom. The lowest BCUT2D eigenvalue weighted by Crippen LogP contribution is -2.42. The third-order valence-corrected chi connectivity index (χ3v) is 8.14. The third-order valence-electron chi connectivity index (χ3n) is 6.60. The minimum atomic E-state index is -3.62. The zero-order chi connectivity index (χ0) is 25.1. The van der Waals surface area contributed by atoms with E-state index in [1.165, 1.54) is 12.7 Å². The molecule has 1 aliphatic carbocycles. The number of aromatic nitrogens is 1. The number of benzene rings is 2. The molecule has 186 valence electrons. The van der Waals surface area contributed by atoms with Gasteiger partial charge in [-0.25, -0.2) is 18.1 Å². The summed E-state index contributed by atoms with van der Waals surface area (Å²) in [4.78, 5) is 4.31. The molecule has 1 aliphatic rings. The Balaban J connectivity index is 1.33. The van der Waals surface area contributed by atoms with Crippen LogP contribution in [0.15, 0.2) is 88.8 Å². The van der Waals surface area contributed by atoms with Crippen LogP contribution in [0.4, 0.5) is 0 Å². The van der Waals surface area contributed by atoms with Gasteiger partial charge in [0.25, 0.3) is 0 Å². The van der Waals surface area contributed by atoms with Crippen LogP contribution in [0.1, 0.15) is 51.1 Å². The molecule has 7 nitrogen and oxygen atoms in total. The molecule has 0 unspecified atom stereocenters. The maximum atomic E-state index is 12.9. The molecule has 0 bridgehead atoms. The highest BCUT2D eigenvalue weighted by Gasteiger charge is 2.32. The Bertz CT molecular complexity index is 1210. The smallest absolute Gasteiger partial charge is 0.240 e. The largest absolute Gasteiger partial charge is 0.451 e. The summed E-state index contributed by atoms with van der Waals surface area (Å²) in [5.74, 6) is 0.214. The van der Waals surface area contributed by atoms with E-state index in [1.54, 1.807) is 38.1 Å². The highest BCUT2D eigenvalue weighted by Crippen LogP contribution is 2.33. The molecule has 1 aromatic heterocycles. The molecular formula is C27H33N3O4S.